The molecule has 8 heteroatoms. The van der Waals surface area contributed by atoms with Crippen molar-refractivity contribution in [1.29, 1.82) is 0 Å². The van der Waals surface area contributed by atoms with E-state index in [1.54, 1.807) is 16.8 Å². The third-order valence-electron chi connectivity index (χ3n) is 4.23. The fraction of sp³-hybridized carbons (Fsp3) is 0.333. The number of carbonyl (C=O) groups excluding carboxylic acids is 1. The number of aromatic nitrogens is 2. The smallest absolute Gasteiger partial charge is 0.235 e. The molecule has 0 saturated carbocycles. The van der Waals surface area contributed by atoms with Crippen LogP contribution in [0.2, 0.25) is 0 Å². The highest BCUT2D eigenvalue weighted by Gasteiger charge is 2.25. The Morgan fingerprint density at radius 2 is 2.15 bits per heavy atom. The van der Waals surface area contributed by atoms with E-state index in [1.807, 2.05) is 32.2 Å². The van der Waals surface area contributed by atoms with Crippen LogP contribution >= 0.6 is 11.3 Å². The van der Waals surface area contributed by atoms with E-state index in [-0.39, 0.29) is 22.4 Å². The molecule has 138 valence electrons. The van der Waals surface area contributed by atoms with Crippen LogP contribution in [-0.2, 0) is 9.84 Å². The van der Waals surface area contributed by atoms with Gasteiger partial charge in [0.1, 0.15) is 5.52 Å². The van der Waals surface area contributed by atoms with E-state index in [9.17, 15) is 13.2 Å². The normalized spacial score (nSPS) is 20.5. The lowest BCUT2D eigenvalue weighted by Gasteiger charge is -2.28. The minimum atomic E-state index is -3.70. The molecule has 0 radical (unpaired) electrons. The number of rotatable bonds is 5. The second-order valence-corrected chi connectivity index (χ2v) is 9.30. The lowest BCUT2D eigenvalue weighted by Crippen LogP contribution is -2.38. The van der Waals surface area contributed by atoms with Gasteiger partial charge in [0.25, 0.3) is 0 Å². The first-order valence-electron chi connectivity index (χ1n) is 8.19. The molecular formula is C18H21N3O3S2. The van der Waals surface area contributed by atoms with Gasteiger partial charge in [-0.25, -0.2) is 13.4 Å². The highest BCUT2D eigenvalue weighted by Crippen LogP contribution is 2.24. The van der Waals surface area contributed by atoms with Crippen molar-refractivity contribution in [3.8, 4) is 0 Å². The van der Waals surface area contributed by atoms with Crippen LogP contribution in [0.15, 0.2) is 52.0 Å². The predicted molar refractivity (Wildman–Crippen MR) is 104 cm³/mol. The fourth-order valence-corrected chi connectivity index (χ4v) is 4.72. The van der Waals surface area contributed by atoms with Crippen LogP contribution in [0.3, 0.4) is 0 Å². The van der Waals surface area contributed by atoms with Crippen molar-refractivity contribution < 1.29 is 13.2 Å². The lowest BCUT2D eigenvalue weighted by molar-refractivity contribution is 0.0930. The molecule has 0 spiro atoms. The van der Waals surface area contributed by atoms with Gasteiger partial charge >= 0.3 is 0 Å². The summed E-state index contributed by atoms with van der Waals surface area (Å²) in [5.74, 6) is -0.558. The second kappa shape index (κ2) is 6.85. The van der Waals surface area contributed by atoms with E-state index < -0.39 is 9.84 Å². The average Bonchev–Trinajstić information content (AvgIpc) is 3.15. The molecule has 0 bridgehead atoms. The van der Waals surface area contributed by atoms with Crippen LogP contribution in [0.5, 0.6) is 0 Å². The summed E-state index contributed by atoms with van der Waals surface area (Å²) in [5, 5.41) is 6.59. The molecule has 1 atom stereocenters. The van der Waals surface area contributed by atoms with Gasteiger partial charge in [0.15, 0.2) is 0 Å². The molecule has 3 rings (SSSR count). The SMILES string of the molecule is CC(=O)n1c(S(=O)(=O)CC=CCC2(C)C=CC(C)=CN2)nc2cscc21. The highest BCUT2D eigenvalue weighted by atomic mass is 32.2. The van der Waals surface area contributed by atoms with Gasteiger partial charge in [-0.05, 0) is 25.8 Å². The van der Waals surface area contributed by atoms with Crippen LogP contribution in [0, 0.1) is 0 Å². The molecule has 1 N–H and O–H groups in total. The minimum absolute atomic E-state index is 0.187. The van der Waals surface area contributed by atoms with Gasteiger partial charge < -0.3 is 5.32 Å². The number of thiophene rings is 1. The number of carbonyl (C=O) groups is 1. The quantitative estimate of drug-likeness (QED) is 0.791. The molecule has 0 fully saturated rings. The molecule has 1 unspecified atom stereocenters. The third kappa shape index (κ3) is 3.66. The zero-order valence-corrected chi connectivity index (χ0v) is 16.5. The van der Waals surface area contributed by atoms with Gasteiger partial charge in [0, 0.05) is 23.9 Å². The summed E-state index contributed by atoms with van der Waals surface area (Å²) in [6, 6.07) is 0. The van der Waals surface area contributed by atoms with E-state index >= 15 is 0 Å². The number of hydrogen-bond donors (Lipinski definition) is 1. The number of imidazole rings is 1. The van der Waals surface area contributed by atoms with Crippen molar-refractivity contribution in [2.45, 2.75) is 37.9 Å². The average molecular weight is 392 g/mol. The van der Waals surface area contributed by atoms with E-state index in [1.165, 1.54) is 22.8 Å². The van der Waals surface area contributed by atoms with Gasteiger partial charge in [0.2, 0.25) is 20.9 Å². The van der Waals surface area contributed by atoms with Crippen LogP contribution in [0.25, 0.3) is 11.0 Å². The summed E-state index contributed by atoms with van der Waals surface area (Å²) < 4.78 is 26.5. The molecule has 1 aliphatic rings. The maximum absolute atomic E-state index is 12.7. The summed E-state index contributed by atoms with van der Waals surface area (Å²) in [6.45, 7) is 5.39. The van der Waals surface area contributed by atoms with Gasteiger partial charge in [0.05, 0.1) is 16.8 Å². The Bertz CT molecular complexity index is 1040. The maximum Gasteiger partial charge on any atom is 0.235 e. The molecule has 2 aromatic rings. The van der Waals surface area contributed by atoms with Crippen molar-refractivity contribution in [3.05, 3.63) is 46.8 Å². The lowest BCUT2D eigenvalue weighted by atomic mass is 9.94. The molecule has 0 saturated heterocycles. The molecule has 0 aromatic carbocycles. The summed E-state index contributed by atoms with van der Waals surface area (Å²) in [4.78, 5) is 16.1. The Balaban J connectivity index is 1.76. The van der Waals surface area contributed by atoms with Gasteiger partial charge in [-0.2, -0.15) is 0 Å². The van der Waals surface area contributed by atoms with E-state index in [2.05, 4.69) is 16.4 Å². The Morgan fingerprint density at radius 1 is 1.38 bits per heavy atom. The number of allylic oxidation sites excluding steroid dienone is 2. The molecule has 3 heterocycles. The molecule has 6 nitrogen and oxygen atoms in total. The Labute approximate surface area is 156 Å². The number of nitrogens with zero attached hydrogens (tertiary/aromatic N) is 2. The van der Waals surface area contributed by atoms with Crippen LogP contribution in [0.1, 0.15) is 32.0 Å². The second-order valence-electron chi connectivity index (χ2n) is 6.63. The predicted octanol–water partition coefficient (Wildman–Crippen LogP) is 3.30. The van der Waals surface area contributed by atoms with E-state index in [4.69, 9.17) is 0 Å². The molecular weight excluding hydrogens is 370 g/mol. The Kier molecular flexibility index (Phi) is 4.90. The first kappa shape index (κ1) is 18.6. The largest absolute Gasteiger partial charge is 0.382 e. The summed E-state index contributed by atoms with van der Waals surface area (Å²) in [6.07, 6.45) is 10.2. The molecule has 1 aliphatic heterocycles. The molecule has 0 amide bonds. The first-order chi connectivity index (χ1) is 12.2. The zero-order valence-electron chi connectivity index (χ0n) is 14.9. The Hall–Kier alpha value is -2.19. The number of sulfone groups is 1. The van der Waals surface area contributed by atoms with E-state index in [0.717, 1.165) is 5.57 Å². The van der Waals surface area contributed by atoms with Gasteiger partial charge in [-0.3, -0.25) is 9.36 Å². The number of fused-ring (bicyclic) bond motifs is 1. The summed E-state index contributed by atoms with van der Waals surface area (Å²) >= 11 is 1.38. The standard InChI is InChI=1S/C18H21N3O3S2/c1-13-6-8-18(3,19-10-13)7-4-5-9-26(23,24)17-20-15-11-25-12-16(15)21(17)14(2)22/h4-6,8,10-12,19H,7,9H2,1-3H3. The van der Waals surface area contributed by atoms with Gasteiger partial charge in [-0.1, -0.05) is 24.3 Å². The van der Waals surface area contributed by atoms with Gasteiger partial charge in [-0.15, -0.1) is 11.3 Å². The Morgan fingerprint density at radius 3 is 2.81 bits per heavy atom. The number of nitrogens with one attached hydrogen (secondary N) is 1. The minimum Gasteiger partial charge on any atom is -0.382 e. The molecule has 2 aromatic heterocycles. The van der Waals surface area contributed by atoms with Crippen molar-refractivity contribution in [1.82, 2.24) is 14.9 Å². The fourth-order valence-electron chi connectivity index (χ4n) is 2.72. The highest BCUT2D eigenvalue weighted by molar-refractivity contribution is 7.91. The van der Waals surface area contributed by atoms with Crippen LogP contribution in [0.4, 0.5) is 0 Å². The molecule has 26 heavy (non-hydrogen) atoms. The van der Waals surface area contributed by atoms with Crippen LogP contribution < -0.4 is 5.32 Å². The topological polar surface area (TPSA) is 81.1 Å². The summed E-state index contributed by atoms with van der Waals surface area (Å²) in [5.41, 5.74) is 1.97. The monoisotopic (exact) mass is 391 g/mol. The zero-order chi connectivity index (χ0) is 18.9. The van der Waals surface area contributed by atoms with Crippen molar-refractivity contribution in [3.63, 3.8) is 0 Å². The maximum atomic E-state index is 12.7. The van der Waals surface area contributed by atoms with Crippen LogP contribution in [-0.4, -0.2) is 35.2 Å². The molecule has 0 aliphatic carbocycles. The van der Waals surface area contributed by atoms with Crippen molar-refractivity contribution >= 4 is 38.1 Å². The van der Waals surface area contributed by atoms with E-state index in [0.29, 0.717) is 17.5 Å². The number of hydrogen-bond acceptors (Lipinski definition) is 6. The first-order valence-corrected chi connectivity index (χ1v) is 10.8. The third-order valence-corrected chi connectivity index (χ3v) is 6.41. The number of dihydropyridines is 1. The van der Waals surface area contributed by atoms with Crippen molar-refractivity contribution in [2.24, 2.45) is 0 Å². The summed E-state index contributed by atoms with van der Waals surface area (Å²) in [7, 11) is -3.70. The van der Waals surface area contributed by atoms with Crippen molar-refractivity contribution in [2.75, 3.05) is 5.75 Å².